The average Bonchev–Trinajstić information content (AvgIpc) is 2.50. The molecular weight excluding hydrogens is 207 g/mol. The highest BCUT2D eigenvalue weighted by molar-refractivity contribution is 6.12. The number of halogens is 1. The van der Waals surface area contributed by atoms with E-state index in [0.29, 0.717) is 19.3 Å². The standard InChI is InChI=1S/C13H13FO2/c1-13(11(15)6-7-12(13)16)8-9-2-4-10(14)5-3-9/h2-5H,6-8H2,1H3. The molecule has 2 nitrogen and oxygen atoms in total. The molecule has 1 aromatic rings. The van der Waals surface area contributed by atoms with E-state index in [4.69, 9.17) is 0 Å². The molecule has 0 amide bonds. The Bertz CT molecular complexity index is 418. The Morgan fingerprint density at radius 2 is 1.62 bits per heavy atom. The number of benzene rings is 1. The number of hydrogen-bond donors (Lipinski definition) is 0. The predicted molar refractivity (Wildman–Crippen MR) is 57.5 cm³/mol. The van der Waals surface area contributed by atoms with Gasteiger partial charge in [-0.1, -0.05) is 12.1 Å². The van der Waals surface area contributed by atoms with Crippen molar-refractivity contribution >= 4 is 11.6 Å². The molecule has 0 aliphatic heterocycles. The molecule has 3 heteroatoms. The van der Waals surface area contributed by atoms with Crippen LogP contribution < -0.4 is 0 Å². The summed E-state index contributed by atoms with van der Waals surface area (Å²) in [4.78, 5) is 23.4. The number of carbonyl (C=O) groups excluding carboxylic acids is 2. The normalized spacial score (nSPS) is 19.1. The highest BCUT2D eigenvalue weighted by Crippen LogP contribution is 2.34. The van der Waals surface area contributed by atoms with Gasteiger partial charge in [-0.05, 0) is 31.0 Å². The van der Waals surface area contributed by atoms with Crippen LogP contribution in [-0.2, 0) is 16.0 Å². The minimum absolute atomic E-state index is 0.00169. The van der Waals surface area contributed by atoms with Crippen molar-refractivity contribution < 1.29 is 14.0 Å². The van der Waals surface area contributed by atoms with E-state index in [-0.39, 0.29) is 17.4 Å². The first-order chi connectivity index (χ1) is 7.52. The fraction of sp³-hybridized carbons (Fsp3) is 0.385. The zero-order valence-corrected chi connectivity index (χ0v) is 9.13. The SMILES string of the molecule is CC1(Cc2ccc(F)cc2)C(=O)CCC1=O. The van der Waals surface area contributed by atoms with Gasteiger partial charge in [0.15, 0.2) is 0 Å². The quantitative estimate of drug-likeness (QED) is 0.717. The molecule has 0 aromatic heterocycles. The Labute approximate surface area is 93.5 Å². The van der Waals surface area contributed by atoms with Crippen molar-refractivity contribution in [2.45, 2.75) is 26.2 Å². The molecule has 1 fully saturated rings. The Hall–Kier alpha value is -1.51. The number of rotatable bonds is 2. The zero-order chi connectivity index (χ0) is 11.8. The van der Waals surface area contributed by atoms with Crippen LogP contribution in [0, 0.1) is 11.2 Å². The lowest BCUT2D eigenvalue weighted by Crippen LogP contribution is -2.31. The minimum atomic E-state index is -0.891. The molecule has 1 aliphatic carbocycles. The molecule has 1 aromatic carbocycles. The Balaban J connectivity index is 2.23. The topological polar surface area (TPSA) is 34.1 Å². The Morgan fingerprint density at radius 1 is 1.12 bits per heavy atom. The van der Waals surface area contributed by atoms with Crippen molar-refractivity contribution in [3.63, 3.8) is 0 Å². The van der Waals surface area contributed by atoms with Crippen LogP contribution in [0.1, 0.15) is 25.3 Å². The number of Topliss-reactive ketones (excluding diaryl/α,β-unsaturated/α-hetero) is 2. The maximum absolute atomic E-state index is 12.7. The van der Waals surface area contributed by atoms with Gasteiger partial charge in [-0.25, -0.2) is 4.39 Å². The summed E-state index contributed by atoms with van der Waals surface area (Å²) in [6.07, 6.45) is 1.07. The molecule has 0 spiro atoms. The summed E-state index contributed by atoms with van der Waals surface area (Å²) in [5.74, 6) is -0.304. The molecule has 84 valence electrons. The predicted octanol–water partition coefficient (Wildman–Crippen LogP) is 2.31. The second-order valence-corrected chi connectivity index (χ2v) is 4.48. The van der Waals surface area contributed by atoms with Crippen molar-refractivity contribution in [3.05, 3.63) is 35.6 Å². The number of ketones is 2. The molecule has 0 bridgehead atoms. The molecule has 0 N–H and O–H groups in total. The van der Waals surface area contributed by atoms with Gasteiger partial charge in [-0.15, -0.1) is 0 Å². The van der Waals surface area contributed by atoms with Crippen LogP contribution in [0.3, 0.4) is 0 Å². The second kappa shape index (κ2) is 3.81. The van der Waals surface area contributed by atoms with Crippen LogP contribution in [0.25, 0.3) is 0 Å². The largest absolute Gasteiger partial charge is 0.299 e. The van der Waals surface area contributed by atoms with E-state index in [1.165, 1.54) is 12.1 Å². The lowest BCUT2D eigenvalue weighted by Gasteiger charge is -2.20. The Kier molecular flexibility index (Phi) is 2.62. The zero-order valence-electron chi connectivity index (χ0n) is 9.13. The summed E-state index contributed by atoms with van der Waals surface area (Å²) < 4.78 is 12.7. The Morgan fingerprint density at radius 3 is 2.12 bits per heavy atom. The molecule has 1 saturated carbocycles. The third-order valence-corrected chi connectivity index (χ3v) is 3.28. The van der Waals surface area contributed by atoms with Gasteiger partial charge in [-0.2, -0.15) is 0 Å². The van der Waals surface area contributed by atoms with Crippen LogP contribution in [-0.4, -0.2) is 11.6 Å². The van der Waals surface area contributed by atoms with Gasteiger partial charge in [0.25, 0.3) is 0 Å². The van der Waals surface area contributed by atoms with E-state index < -0.39 is 5.41 Å². The molecule has 0 atom stereocenters. The minimum Gasteiger partial charge on any atom is -0.299 e. The molecule has 16 heavy (non-hydrogen) atoms. The number of carbonyl (C=O) groups is 2. The second-order valence-electron chi connectivity index (χ2n) is 4.48. The van der Waals surface area contributed by atoms with Crippen molar-refractivity contribution in [3.8, 4) is 0 Å². The summed E-state index contributed by atoms with van der Waals surface area (Å²) >= 11 is 0. The summed E-state index contributed by atoms with van der Waals surface area (Å²) in [5, 5.41) is 0. The maximum Gasteiger partial charge on any atom is 0.146 e. The van der Waals surface area contributed by atoms with E-state index in [1.54, 1.807) is 19.1 Å². The van der Waals surface area contributed by atoms with Crippen LogP contribution in [0.2, 0.25) is 0 Å². The molecular formula is C13H13FO2. The first-order valence-corrected chi connectivity index (χ1v) is 5.33. The number of hydrogen-bond acceptors (Lipinski definition) is 2. The van der Waals surface area contributed by atoms with Crippen molar-refractivity contribution in [2.24, 2.45) is 5.41 Å². The third-order valence-electron chi connectivity index (χ3n) is 3.28. The van der Waals surface area contributed by atoms with E-state index in [0.717, 1.165) is 5.56 Å². The third kappa shape index (κ3) is 1.77. The molecule has 0 unspecified atom stereocenters. The average molecular weight is 220 g/mol. The fourth-order valence-corrected chi connectivity index (χ4v) is 2.14. The first kappa shape index (κ1) is 11.0. The van der Waals surface area contributed by atoms with Gasteiger partial charge in [0.05, 0.1) is 5.41 Å². The highest BCUT2D eigenvalue weighted by Gasteiger charge is 2.44. The van der Waals surface area contributed by atoms with Crippen molar-refractivity contribution in [2.75, 3.05) is 0 Å². The molecule has 0 heterocycles. The molecule has 2 rings (SSSR count). The van der Waals surface area contributed by atoms with Crippen molar-refractivity contribution in [1.82, 2.24) is 0 Å². The van der Waals surface area contributed by atoms with Crippen LogP contribution >= 0.6 is 0 Å². The summed E-state index contributed by atoms with van der Waals surface area (Å²) in [5.41, 5.74) is -0.0647. The smallest absolute Gasteiger partial charge is 0.146 e. The van der Waals surface area contributed by atoms with Crippen LogP contribution in [0.15, 0.2) is 24.3 Å². The van der Waals surface area contributed by atoms with E-state index in [1.807, 2.05) is 0 Å². The molecule has 0 saturated heterocycles. The van der Waals surface area contributed by atoms with E-state index in [9.17, 15) is 14.0 Å². The van der Waals surface area contributed by atoms with Crippen LogP contribution in [0.4, 0.5) is 4.39 Å². The van der Waals surface area contributed by atoms with E-state index >= 15 is 0 Å². The fourth-order valence-electron chi connectivity index (χ4n) is 2.14. The first-order valence-electron chi connectivity index (χ1n) is 5.33. The van der Waals surface area contributed by atoms with Crippen LogP contribution in [0.5, 0.6) is 0 Å². The monoisotopic (exact) mass is 220 g/mol. The highest BCUT2D eigenvalue weighted by atomic mass is 19.1. The molecule has 1 aliphatic rings. The summed E-state index contributed by atoms with van der Waals surface area (Å²) in [6, 6.07) is 5.95. The summed E-state index contributed by atoms with van der Waals surface area (Å²) in [6.45, 7) is 1.69. The van der Waals surface area contributed by atoms with Gasteiger partial charge in [-0.3, -0.25) is 9.59 Å². The van der Waals surface area contributed by atoms with Gasteiger partial charge in [0.2, 0.25) is 0 Å². The van der Waals surface area contributed by atoms with Gasteiger partial charge in [0.1, 0.15) is 17.4 Å². The molecule has 0 radical (unpaired) electrons. The van der Waals surface area contributed by atoms with Gasteiger partial charge < -0.3 is 0 Å². The maximum atomic E-state index is 12.7. The van der Waals surface area contributed by atoms with Gasteiger partial charge in [0, 0.05) is 12.8 Å². The lowest BCUT2D eigenvalue weighted by atomic mass is 9.80. The lowest BCUT2D eigenvalue weighted by molar-refractivity contribution is -0.133. The van der Waals surface area contributed by atoms with Crippen molar-refractivity contribution in [1.29, 1.82) is 0 Å². The van der Waals surface area contributed by atoms with Gasteiger partial charge >= 0.3 is 0 Å². The van der Waals surface area contributed by atoms with E-state index in [2.05, 4.69) is 0 Å². The summed E-state index contributed by atoms with van der Waals surface area (Å²) in [7, 11) is 0.